The van der Waals surface area contributed by atoms with Crippen molar-refractivity contribution >= 4 is 45.3 Å². The molecule has 1 aliphatic heterocycles. The topological polar surface area (TPSA) is 114 Å². The van der Waals surface area contributed by atoms with E-state index in [0.717, 1.165) is 9.48 Å². The summed E-state index contributed by atoms with van der Waals surface area (Å²) in [6, 6.07) is 13.5. The van der Waals surface area contributed by atoms with Crippen LogP contribution < -0.4 is 15.5 Å². The van der Waals surface area contributed by atoms with Crippen LogP contribution in [0.25, 0.3) is 0 Å². The third-order valence-electron chi connectivity index (χ3n) is 4.61. The van der Waals surface area contributed by atoms with Gasteiger partial charge in [0.25, 0.3) is 11.8 Å². The van der Waals surface area contributed by atoms with Crippen LogP contribution in [0.3, 0.4) is 0 Å². The van der Waals surface area contributed by atoms with E-state index < -0.39 is 36.2 Å². The zero-order valence-corrected chi connectivity index (χ0v) is 18.9. The number of nitrogens with one attached hydrogen (secondary N) is 2. The number of amides is 3. The Bertz CT molecular complexity index is 1010. The molecule has 0 bridgehead atoms. The number of nitrogens with zero attached hydrogens (tertiary/aromatic N) is 1. The maximum absolute atomic E-state index is 12.3. The number of para-hydroxylation sites is 2. The number of benzene rings is 2. The van der Waals surface area contributed by atoms with E-state index in [0.29, 0.717) is 23.6 Å². The maximum Gasteiger partial charge on any atom is 0.311 e. The van der Waals surface area contributed by atoms with Crippen LogP contribution in [-0.2, 0) is 19.1 Å². The zero-order chi connectivity index (χ0) is 23.1. The summed E-state index contributed by atoms with van der Waals surface area (Å²) in [7, 11) is 0. The molecule has 1 fully saturated rings. The summed E-state index contributed by atoms with van der Waals surface area (Å²) in [6.07, 6.45) is -0.117. The van der Waals surface area contributed by atoms with Gasteiger partial charge in [-0.25, -0.2) is 0 Å². The Balaban J connectivity index is 1.48. The largest absolute Gasteiger partial charge is 0.492 e. The first-order valence-electron chi connectivity index (χ1n) is 9.92. The van der Waals surface area contributed by atoms with E-state index in [1.54, 1.807) is 48.5 Å². The summed E-state index contributed by atoms with van der Waals surface area (Å²) >= 11 is 3.29. The Hall–Kier alpha value is -3.40. The fourth-order valence-electron chi connectivity index (χ4n) is 3.05. The van der Waals surface area contributed by atoms with Gasteiger partial charge in [-0.2, -0.15) is 0 Å². The number of anilines is 1. The molecule has 3 amide bonds. The van der Waals surface area contributed by atoms with Crippen molar-refractivity contribution in [3.8, 4) is 5.75 Å². The molecule has 1 heterocycles. The summed E-state index contributed by atoms with van der Waals surface area (Å²) < 4.78 is 11.3. The van der Waals surface area contributed by atoms with Crippen LogP contribution in [0, 0.1) is 5.92 Å². The Morgan fingerprint density at radius 2 is 1.84 bits per heavy atom. The molecule has 0 spiro atoms. The molecule has 2 aromatic carbocycles. The van der Waals surface area contributed by atoms with Crippen LogP contribution in [-0.4, -0.2) is 48.5 Å². The van der Waals surface area contributed by atoms with Crippen molar-refractivity contribution in [2.24, 2.45) is 5.92 Å². The minimum absolute atomic E-state index is 0.0330. The van der Waals surface area contributed by atoms with Crippen LogP contribution in [0.4, 0.5) is 5.69 Å². The van der Waals surface area contributed by atoms with Gasteiger partial charge in [-0.3, -0.25) is 29.6 Å². The number of esters is 1. The first-order chi connectivity index (χ1) is 15.4. The van der Waals surface area contributed by atoms with Crippen molar-refractivity contribution in [2.45, 2.75) is 13.3 Å². The van der Waals surface area contributed by atoms with Gasteiger partial charge in [-0.15, -0.1) is 0 Å². The number of halogens is 1. The molecule has 0 radical (unpaired) electrons. The van der Waals surface area contributed by atoms with Gasteiger partial charge in [0.2, 0.25) is 5.91 Å². The lowest BCUT2D eigenvalue weighted by Gasteiger charge is -2.17. The minimum Gasteiger partial charge on any atom is -0.492 e. The fraction of sp³-hybridized carbons (Fsp3) is 0.273. The summed E-state index contributed by atoms with van der Waals surface area (Å²) in [4.78, 5) is 49.0. The number of hydrogen-bond acceptors (Lipinski definition) is 6. The average Bonchev–Trinajstić information content (AvgIpc) is 3.14. The number of rotatable bonds is 8. The number of hydrogen-bond donors (Lipinski definition) is 2. The van der Waals surface area contributed by atoms with Gasteiger partial charge in [0, 0.05) is 16.5 Å². The molecule has 0 saturated carbocycles. The van der Waals surface area contributed by atoms with Crippen molar-refractivity contribution < 1.29 is 28.7 Å². The van der Waals surface area contributed by atoms with Crippen LogP contribution in [0.2, 0.25) is 0 Å². The van der Waals surface area contributed by atoms with E-state index in [1.807, 2.05) is 6.92 Å². The van der Waals surface area contributed by atoms with Crippen LogP contribution in [0.1, 0.15) is 23.7 Å². The lowest BCUT2D eigenvalue weighted by molar-refractivity contribution is -0.151. The van der Waals surface area contributed by atoms with Gasteiger partial charge in [0.15, 0.2) is 6.61 Å². The molecular formula is C22H22BrN3O6. The molecule has 1 aliphatic rings. The van der Waals surface area contributed by atoms with E-state index in [2.05, 4.69) is 26.7 Å². The highest BCUT2D eigenvalue weighted by molar-refractivity contribution is 9.10. The summed E-state index contributed by atoms with van der Waals surface area (Å²) in [5.41, 5.74) is 3.33. The van der Waals surface area contributed by atoms with Gasteiger partial charge in [-0.1, -0.05) is 28.1 Å². The van der Waals surface area contributed by atoms with Crippen molar-refractivity contribution in [2.75, 3.05) is 25.1 Å². The molecule has 2 N–H and O–H groups in total. The summed E-state index contributed by atoms with van der Waals surface area (Å²) in [5, 5.41) is 3.72. The van der Waals surface area contributed by atoms with Crippen LogP contribution in [0.15, 0.2) is 53.0 Å². The molecular weight excluding hydrogens is 482 g/mol. The monoisotopic (exact) mass is 503 g/mol. The van der Waals surface area contributed by atoms with E-state index in [9.17, 15) is 19.2 Å². The third kappa shape index (κ3) is 6.07. The predicted molar refractivity (Wildman–Crippen MR) is 119 cm³/mol. The average molecular weight is 504 g/mol. The number of carbonyl (C=O) groups excluding carboxylic acids is 4. The van der Waals surface area contributed by atoms with Crippen LogP contribution in [0.5, 0.6) is 5.75 Å². The van der Waals surface area contributed by atoms with Gasteiger partial charge in [0.1, 0.15) is 5.75 Å². The van der Waals surface area contributed by atoms with Crippen molar-refractivity contribution in [1.82, 2.24) is 10.4 Å². The van der Waals surface area contributed by atoms with E-state index >= 15 is 0 Å². The predicted octanol–water partition coefficient (Wildman–Crippen LogP) is 2.52. The molecule has 0 aliphatic carbocycles. The SMILES string of the molecule is CCOc1ccccc1NC(=O)COC(=O)[C@@H]1CC(=O)N(NC(=O)c2ccc(Br)cc2)C1. The molecule has 32 heavy (non-hydrogen) atoms. The molecule has 3 rings (SSSR count). The lowest BCUT2D eigenvalue weighted by Crippen LogP contribution is -2.43. The normalized spacial score (nSPS) is 15.2. The Morgan fingerprint density at radius 3 is 2.56 bits per heavy atom. The quantitative estimate of drug-likeness (QED) is 0.535. The number of carbonyl (C=O) groups is 4. The maximum atomic E-state index is 12.3. The molecule has 0 unspecified atom stereocenters. The number of ether oxygens (including phenoxy) is 2. The molecule has 1 saturated heterocycles. The fourth-order valence-corrected chi connectivity index (χ4v) is 3.32. The van der Waals surface area contributed by atoms with Gasteiger partial charge >= 0.3 is 5.97 Å². The molecule has 9 nitrogen and oxygen atoms in total. The summed E-state index contributed by atoms with van der Waals surface area (Å²) in [5.74, 6) is -2.37. The van der Waals surface area contributed by atoms with Crippen molar-refractivity contribution in [3.05, 3.63) is 58.6 Å². The van der Waals surface area contributed by atoms with E-state index in [1.165, 1.54) is 0 Å². The minimum atomic E-state index is -0.781. The zero-order valence-electron chi connectivity index (χ0n) is 17.3. The van der Waals surface area contributed by atoms with Crippen molar-refractivity contribution in [3.63, 3.8) is 0 Å². The third-order valence-corrected chi connectivity index (χ3v) is 5.14. The highest BCUT2D eigenvalue weighted by Gasteiger charge is 2.36. The second kappa shape index (κ2) is 10.8. The second-order valence-electron chi connectivity index (χ2n) is 6.94. The van der Waals surface area contributed by atoms with Gasteiger partial charge < -0.3 is 14.8 Å². The van der Waals surface area contributed by atoms with Gasteiger partial charge in [-0.05, 0) is 43.3 Å². The first-order valence-corrected chi connectivity index (χ1v) is 10.7. The second-order valence-corrected chi connectivity index (χ2v) is 7.85. The number of hydrazine groups is 1. The van der Waals surface area contributed by atoms with E-state index in [4.69, 9.17) is 9.47 Å². The Labute approximate surface area is 193 Å². The Morgan fingerprint density at radius 1 is 1.12 bits per heavy atom. The summed E-state index contributed by atoms with van der Waals surface area (Å²) in [6.45, 7) is 1.73. The first kappa shape index (κ1) is 23.3. The highest BCUT2D eigenvalue weighted by Crippen LogP contribution is 2.23. The standard InChI is InChI=1S/C22H22BrN3O6/c1-2-31-18-6-4-3-5-17(18)24-19(27)13-32-22(30)15-11-20(28)26(12-15)25-21(29)14-7-9-16(23)10-8-14/h3-10,15H,2,11-13H2,1H3,(H,24,27)(H,25,29)/t15-/m1/s1. The van der Waals surface area contributed by atoms with Gasteiger partial charge in [0.05, 0.1) is 24.8 Å². The molecule has 1 atom stereocenters. The Kier molecular flexibility index (Phi) is 7.82. The lowest BCUT2D eigenvalue weighted by atomic mass is 10.1. The molecule has 168 valence electrons. The molecule has 0 aromatic heterocycles. The highest BCUT2D eigenvalue weighted by atomic mass is 79.9. The van der Waals surface area contributed by atoms with Crippen molar-refractivity contribution in [1.29, 1.82) is 0 Å². The molecule has 10 heteroatoms. The van der Waals surface area contributed by atoms with E-state index in [-0.39, 0.29) is 13.0 Å². The molecule has 2 aromatic rings. The smallest absolute Gasteiger partial charge is 0.311 e. The van der Waals surface area contributed by atoms with Crippen LogP contribution >= 0.6 is 15.9 Å².